The number of carbonyl (C=O) groups is 2. The van der Waals surface area contributed by atoms with Crippen LogP contribution in [0.5, 0.6) is 0 Å². The summed E-state index contributed by atoms with van der Waals surface area (Å²) in [6, 6.07) is 16.4. The number of benzene rings is 2. The molecule has 0 atom stereocenters. The van der Waals surface area contributed by atoms with Gasteiger partial charge in [0.05, 0.1) is 11.6 Å². The highest BCUT2D eigenvalue weighted by molar-refractivity contribution is 9.10. The van der Waals surface area contributed by atoms with Crippen LogP contribution >= 0.6 is 15.9 Å². The van der Waals surface area contributed by atoms with Gasteiger partial charge in [-0.1, -0.05) is 28.1 Å². The van der Waals surface area contributed by atoms with Crippen molar-refractivity contribution in [2.75, 3.05) is 26.2 Å². The van der Waals surface area contributed by atoms with E-state index in [-0.39, 0.29) is 11.8 Å². The lowest BCUT2D eigenvalue weighted by Gasteiger charge is -2.34. The summed E-state index contributed by atoms with van der Waals surface area (Å²) in [4.78, 5) is 28.4. The molecule has 6 heteroatoms. The first-order chi connectivity index (χ1) is 13.1. The summed E-state index contributed by atoms with van der Waals surface area (Å²) in [7, 11) is 0. The highest BCUT2D eigenvalue weighted by atomic mass is 79.9. The third-order valence-corrected chi connectivity index (χ3v) is 4.96. The molecule has 2 amide bonds. The van der Waals surface area contributed by atoms with Gasteiger partial charge in [0.15, 0.2) is 0 Å². The fourth-order valence-electron chi connectivity index (χ4n) is 2.85. The second-order valence-corrected chi connectivity index (χ2v) is 7.11. The lowest BCUT2D eigenvalue weighted by atomic mass is 10.1. The minimum atomic E-state index is -0.0722. The molecular formula is C21H18BrN3O2. The van der Waals surface area contributed by atoms with Crippen molar-refractivity contribution in [1.82, 2.24) is 9.80 Å². The Morgan fingerprint density at radius 1 is 0.926 bits per heavy atom. The summed E-state index contributed by atoms with van der Waals surface area (Å²) in [5.74, 6) is -0.125. The third kappa shape index (κ3) is 4.83. The Bertz CT molecular complexity index is 891. The molecule has 1 fully saturated rings. The highest BCUT2D eigenvalue weighted by Gasteiger charge is 2.23. The molecule has 2 aromatic rings. The third-order valence-electron chi connectivity index (χ3n) is 4.43. The number of rotatable bonds is 3. The zero-order chi connectivity index (χ0) is 19.2. The molecule has 0 saturated carbocycles. The van der Waals surface area contributed by atoms with Crippen LogP contribution < -0.4 is 0 Å². The summed E-state index contributed by atoms with van der Waals surface area (Å²) in [6.07, 6.45) is 3.37. The molecule has 0 unspecified atom stereocenters. The lowest BCUT2D eigenvalue weighted by Crippen LogP contribution is -2.50. The number of hydrogen-bond acceptors (Lipinski definition) is 3. The Kier molecular flexibility index (Phi) is 6.05. The van der Waals surface area contributed by atoms with Crippen LogP contribution in [0.4, 0.5) is 0 Å². The number of carbonyl (C=O) groups excluding carboxylic acids is 2. The Balaban J connectivity index is 1.54. The minimum absolute atomic E-state index is 0.0524. The second kappa shape index (κ2) is 8.65. The van der Waals surface area contributed by atoms with Gasteiger partial charge in [-0.05, 0) is 48.0 Å². The first-order valence-corrected chi connectivity index (χ1v) is 9.38. The maximum atomic E-state index is 12.5. The van der Waals surface area contributed by atoms with Crippen molar-refractivity contribution < 1.29 is 9.59 Å². The smallest absolute Gasteiger partial charge is 0.253 e. The van der Waals surface area contributed by atoms with Gasteiger partial charge in [0.2, 0.25) is 5.91 Å². The number of piperazine rings is 1. The minimum Gasteiger partial charge on any atom is -0.336 e. The van der Waals surface area contributed by atoms with Gasteiger partial charge in [0.25, 0.3) is 5.91 Å². The van der Waals surface area contributed by atoms with Gasteiger partial charge in [-0.2, -0.15) is 5.26 Å². The molecule has 0 bridgehead atoms. The molecule has 0 N–H and O–H groups in total. The van der Waals surface area contributed by atoms with Gasteiger partial charge in [0.1, 0.15) is 0 Å². The molecule has 1 saturated heterocycles. The van der Waals surface area contributed by atoms with Crippen molar-refractivity contribution in [3.8, 4) is 6.07 Å². The number of nitrogens with zero attached hydrogens (tertiary/aromatic N) is 3. The van der Waals surface area contributed by atoms with Crippen LogP contribution in [-0.4, -0.2) is 47.8 Å². The molecule has 1 aliphatic heterocycles. The maximum absolute atomic E-state index is 12.5. The van der Waals surface area contributed by atoms with Crippen molar-refractivity contribution in [2.24, 2.45) is 0 Å². The zero-order valence-corrected chi connectivity index (χ0v) is 16.2. The van der Waals surface area contributed by atoms with Crippen LogP contribution in [0.25, 0.3) is 6.08 Å². The van der Waals surface area contributed by atoms with Crippen molar-refractivity contribution in [2.45, 2.75) is 0 Å². The average molecular weight is 424 g/mol. The van der Waals surface area contributed by atoms with E-state index < -0.39 is 0 Å². The van der Waals surface area contributed by atoms with E-state index >= 15 is 0 Å². The standard InChI is InChI=1S/C21H18BrN3O2/c22-19-8-3-16(4-9-19)5-10-20(26)24-11-13-25(14-12-24)21(27)18-6-1-17(15-23)2-7-18/h1-10H,11-14H2. The normalized spacial score (nSPS) is 14.2. The van der Waals surface area contributed by atoms with Crippen molar-refractivity contribution >= 4 is 33.8 Å². The molecule has 5 nitrogen and oxygen atoms in total. The van der Waals surface area contributed by atoms with E-state index in [0.29, 0.717) is 37.3 Å². The highest BCUT2D eigenvalue weighted by Crippen LogP contribution is 2.13. The van der Waals surface area contributed by atoms with E-state index in [1.807, 2.05) is 30.3 Å². The van der Waals surface area contributed by atoms with E-state index in [4.69, 9.17) is 5.26 Å². The van der Waals surface area contributed by atoms with Crippen LogP contribution in [0.3, 0.4) is 0 Å². The first-order valence-electron chi connectivity index (χ1n) is 8.59. The van der Waals surface area contributed by atoms with Crippen LogP contribution in [-0.2, 0) is 4.79 Å². The summed E-state index contributed by atoms with van der Waals surface area (Å²) >= 11 is 3.38. The second-order valence-electron chi connectivity index (χ2n) is 6.19. The van der Waals surface area contributed by atoms with E-state index in [0.717, 1.165) is 10.0 Å². The number of nitriles is 1. The van der Waals surface area contributed by atoms with Gasteiger partial charge in [-0.25, -0.2) is 0 Å². The molecule has 1 heterocycles. The van der Waals surface area contributed by atoms with Crippen molar-refractivity contribution in [3.63, 3.8) is 0 Å². The molecule has 136 valence electrons. The van der Waals surface area contributed by atoms with Gasteiger partial charge < -0.3 is 9.80 Å². The Morgan fingerprint density at radius 3 is 2.11 bits per heavy atom. The topological polar surface area (TPSA) is 64.4 Å². The Hall–Kier alpha value is -2.91. The number of hydrogen-bond donors (Lipinski definition) is 0. The lowest BCUT2D eigenvalue weighted by molar-refractivity contribution is -0.127. The molecule has 0 spiro atoms. The quantitative estimate of drug-likeness (QED) is 0.711. The van der Waals surface area contributed by atoms with Crippen molar-refractivity contribution in [1.29, 1.82) is 5.26 Å². The van der Waals surface area contributed by atoms with Crippen molar-refractivity contribution in [3.05, 3.63) is 75.8 Å². The average Bonchev–Trinajstić information content (AvgIpc) is 2.73. The molecule has 0 aliphatic carbocycles. The summed E-state index contributed by atoms with van der Waals surface area (Å²) in [5, 5.41) is 8.84. The van der Waals surface area contributed by atoms with Crippen LogP contribution in [0.2, 0.25) is 0 Å². The Morgan fingerprint density at radius 2 is 1.52 bits per heavy atom. The zero-order valence-electron chi connectivity index (χ0n) is 14.6. The molecule has 3 rings (SSSR count). The summed E-state index contributed by atoms with van der Waals surface area (Å²) in [6.45, 7) is 2.00. The van der Waals surface area contributed by atoms with E-state index in [2.05, 4.69) is 15.9 Å². The SMILES string of the molecule is N#Cc1ccc(C(=O)N2CCN(C(=O)C=Cc3ccc(Br)cc3)CC2)cc1. The van der Waals surface area contributed by atoms with Crippen LogP contribution in [0.15, 0.2) is 59.1 Å². The predicted octanol–water partition coefficient (Wildman–Crippen LogP) is 3.32. The largest absolute Gasteiger partial charge is 0.336 e. The van der Waals surface area contributed by atoms with Gasteiger partial charge >= 0.3 is 0 Å². The fourth-order valence-corrected chi connectivity index (χ4v) is 3.11. The first kappa shape index (κ1) is 18.9. The monoisotopic (exact) mass is 423 g/mol. The molecule has 27 heavy (non-hydrogen) atoms. The van der Waals surface area contributed by atoms with Gasteiger partial charge in [0, 0.05) is 42.3 Å². The molecule has 0 radical (unpaired) electrons. The fraction of sp³-hybridized carbons (Fsp3) is 0.190. The van der Waals surface area contributed by atoms with E-state index in [9.17, 15) is 9.59 Å². The molecule has 1 aliphatic rings. The van der Waals surface area contributed by atoms with Crippen LogP contribution in [0, 0.1) is 11.3 Å². The molecule has 2 aromatic carbocycles. The number of halogens is 1. The summed E-state index contributed by atoms with van der Waals surface area (Å²) in [5.41, 5.74) is 2.05. The molecular weight excluding hydrogens is 406 g/mol. The van der Waals surface area contributed by atoms with Gasteiger partial charge in [-0.3, -0.25) is 9.59 Å². The van der Waals surface area contributed by atoms with E-state index in [1.54, 1.807) is 46.2 Å². The maximum Gasteiger partial charge on any atom is 0.253 e. The number of amides is 2. The predicted molar refractivity (Wildman–Crippen MR) is 107 cm³/mol. The summed E-state index contributed by atoms with van der Waals surface area (Å²) < 4.78 is 0.994. The molecule has 0 aromatic heterocycles. The Labute approximate surface area is 166 Å². The van der Waals surface area contributed by atoms with Crippen LogP contribution in [0.1, 0.15) is 21.5 Å². The van der Waals surface area contributed by atoms with Gasteiger partial charge in [-0.15, -0.1) is 0 Å². The van der Waals surface area contributed by atoms with E-state index in [1.165, 1.54) is 0 Å².